The van der Waals surface area contributed by atoms with Gasteiger partial charge in [-0.3, -0.25) is 4.79 Å². The molecule has 0 saturated heterocycles. The summed E-state index contributed by atoms with van der Waals surface area (Å²) in [6, 6.07) is 1.63. The van der Waals surface area contributed by atoms with Crippen molar-refractivity contribution < 1.29 is 0 Å². The van der Waals surface area contributed by atoms with E-state index >= 15 is 0 Å². The Morgan fingerprint density at radius 3 is 3.36 bits per heavy atom. The smallest absolute Gasteiger partial charge is 0.264 e. The quantitative estimate of drug-likeness (QED) is 0.521. The average Bonchev–Trinajstić information content (AvgIpc) is 2.04. The van der Waals surface area contributed by atoms with Gasteiger partial charge < -0.3 is 5.32 Å². The minimum Gasteiger partial charge on any atom is -0.311 e. The van der Waals surface area contributed by atoms with Gasteiger partial charge in [0.1, 0.15) is 0 Å². The van der Waals surface area contributed by atoms with E-state index in [1.54, 1.807) is 6.07 Å². The first-order chi connectivity index (χ1) is 5.36. The van der Waals surface area contributed by atoms with E-state index in [0.717, 1.165) is 30.8 Å². The molecule has 2 heterocycles. The highest BCUT2D eigenvalue weighted by atomic mass is 16.1. The van der Waals surface area contributed by atoms with Crippen molar-refractivity contribution in [2.75, 3.05) is 6.54 Å². The summed E-state index contributed by atoms with van der Waals surface area (Å²) in [5, 5.41) is 9.51. The second kappa shape index (κ2) is 2.47. The molecule has 1 aliphatic heterocycles. The molecular weight excluding hydrogens is 142 g/mol. The molecule has 2 N–H and O–H groups in total. The molecule has 0 atom stereocenters. The standard InChI is InChI=1S/C7H9N3O/c11-7-3-5-1-2-8-4-6(5)9-10-7/h3,8H,1-2,4H2,(H,10,11). The number of fused-ring (bicyclic) bond motifs is 1. The molecule has 1 aromatic heterocycles. The van der Waals surface area contributed by atoms with Gasteiger partial charge in [0.15, 0.2) is 0 Å². The summed E-state index contributed by atoms with van der Waals surface area (Å²) in [7, 11) is 0. The van der Waals surface area contributed by atoms with E-state index in [9.17, 15) is 4.79 Å². The van der Waals surface area contributed by atoms with Crippen molar-refractivity contribution in [2.24, 2.45) is 0 Å². The van der Waals surface area contributed by atoms with Gasteiger partial charge in [0.2, 0.25) is 0 Å². The lowest BCUT2D eigenvalue weighted by Crippen LogP contribution is -2.27. The number of rotatable bonds is 0. The number of hydrogen-bond acceptors (Lipinski definition) is 3. The SMILES string of the molecule is O=c1cc2c(n[nH]1)CNCC2. The van der Waals surface area contributed by atoms with Gasteiger partial charge in [0.05, 0.1) is 5.69 Å². The van der Waals surface area contributed by atoms with Gasteiger partial charge in [-0.25, -0.2) is 5.10 Å². The molecule has 4 heteroatoms. The van der Waals surface area contributed by atoms with Crippen LogP contribution in [0, 0.1) is 0 Å². The van der Waals surface area contributed by atoms with Crippen LogP contribution in [-0.2, 0) is 13.0 Å². The van der Waals surface area contributed by atoms with E-state index in [0.29, 0.717) is 0 Å². The van der Waals surface area contributed by atoms with Crippen LogP contribution in [0.5, 0.6) is 0 Å². The molecule has 0 fully saturated rings. The van der Waals surface area contributed by atoms with Gasteiger partial charge in [-0.2, -0.15) is 5.10 Å². The van der Waals surface area contributed by atoms with Crippen molar-refractivity contribution in [2.45, 2.75) is 13.0 Å². The molecule has 1 aliphatic rings. The van der Waals surface area contributed by atoms with E-state index in [-0.39, 0.29) is 5.56 Å². The van der Waals surface area contributed by atoms with Crippen LogP contribution in [0.3, 0.4) is 0 Å². The fourth-order valence-electron chi connectivity index (χ4n) is 1.27. The fourth-order valence-corrected chi connectivity index (χ4v) is 1.27. The summed E-state index contributed by atoms with van der Waals surface area (Å²) in [5.41, 5.74) is 1.94. The molecule has 0 saturated carbocycles. The van der Waals surface area contributed by atoms with Crippen molar-refractivity contribution in [3.05, 3.63) is 27.7 Å². The molecule has 0 amide bonds. The van der Waals surface area contributed by atoms with Crippen LogP contribution in [0.25, 0.3) is 0 Å². The van der Waals surface area contributed by atoms with E-state index in [4.69, 9.17) is 0 Å². The zero-order valence-electron chi connectivity index (χ0n) is 6.05. The summed E-state index contributed by atoms with van der Waals surface area (Å²) in [6.45, 7) is 1.71. The van der Waals surface area contributed by atoms with Crippen LogP contribution in [-0.4, -0.2) is 16.7 Å². The number of aromatic nitrogens is 2. The monoisotopic (exact) mass is 151 g/mol. The lowest BCUT2D eigenvalue weighted by molar-refractivity contribution is 0.613. The van der Waals surface area contributed by atoms with Gasteiger partial charge in [-0.1, -0.05) is 0 Å². The van der Waals surface area contributed by atoms with Crippen LogP contribution in [0.2, 0.25) is 0 Å². The first-order valence-electron chi connectivity index (χ1n) is 3.64. The summed E-state index contributed by atoms with van der Waals surface area (Å²) in [4.78, 5) is 10.8. The predicted molar refractivity (Wildman–Crippen MR) is 40.3 cm³/mol. The van der Waals surface area contributed by atoms with Gasteiger partial charge in [0, 0.05) is 12.6 Å². The highest BCUT2D eigenvalue weighted by Gasteiger charge is 2.09. The molecular formula is C7H9N3O. The molecule has 58 valence electrons. The molecule has 0 bridgehead atoms. The number of aromatic amines is 1. The largest absolute Gasteiger partial charge is 0.311 e. The van der Waals surface area contributed by atoms with Crippen LogP contribution in [0.4, 0.5) is 0 Å². The van der Waals surface area contributed by atoms with Crippen molar-refractivity contribution in [3.63, 3.8) is 0 Å². The maximum Gasteiger partial charge on any atom is 0.264 e. The molecule has 0 aromatic carbocycles. The Kier molecular flexibility index (Phi) is 1.47. The van der Waals surface area contributed by atoms with Crippen LogP contribution in [0.15, 0.2) is 10.9 Å². The Morgan fingerprint density at radius 2 is 2.45 bits per heavy atom. The third kappa shape index (κ3) is 1.17. The Balaban J connectivity index is 2.51. The zero-order valence-corrected chi connectivity index (χ0v) is 6.05. The first-order valence-corrected chi connectivity index (χ1v) is 3.64. The Labute approximate surface area is 63.6 Å². The third-order valence-electron chi connectivity index (χ3n) is 1.84. The molecule has 11 heavy (non-hydrogen) atoms. The molecule has 1 aromatic rings. The topological polar surface area (TPSA) is 57.8 Å². The molecule has 4 nitrogen and oxygen atoms in total. The van der Waals surface area contributed by atoms with E-state index in [2.05, 4.69) is 15.5 Å². The lowest BCUT2D eigenvalue weighted by Gasteiger charge is -2.13. The Bertz CT molecular complexity index is 318. The predicted octanol–water partition coefficient (Wildman–Crippen LogP) is -0.584. The molecule has 2 rings (SSSR count). The first kappa shape index (κ1) is 6.54. The van der Waals surface area contributed by atoms with Crippen LogP contribution >= 0.6 is 0 Å². The summed E-state index contributed by atoms with van der Waals surface area (Å²) in [5.74, 6) is 0. The summed E-state index contributed by atoms with van der Waals surface area (Å²) >= 11 is 0. The molecule has 0 aliphatic carbocycles. The highest BCUT2D eigenvalue weighted by Crippen LogP contribution is 2.05. The normalized spacial score (nSPS) is 16.0. The Hall–Kier alpha value is -1.16. The van der Waals surface area contributed by atoms with E-state index < -0.39 is 0 Å². The molecule has 0 unspecified atom stereocenters. The maximum absolute atomic E-state index is 10.8. The van der Waals surface area contributed by atoms with Crippen LogP contribution in [0.1, 0.15) is 11.3 Å². The zero-order chi connectivity index (χ0) is 7.68. The summed E-state index contributed by atoms with van der Waals surface area (Å²) in [6.07, 6.45) is 0.909. The van der Waals surface area contributed by atoms with E-state index in [1.807, 2.05) is 0 Å². The van der Waals surface area contributed by atoms with Crippen molar-refractivity contribution in [1.29, 1.82) is 0 Å². The number of hydrogen-bond donors (Lipinski definition) is 2. The Morgan fingerprint density at radius 1 is 1.55 bits per heavy atom. The second-order valence-electron chi connectivity index (χ2n) is 2.63. The fraction of sp³-hybridized carbons (Fsp3) is 0.429. The van der Waals surface area contributed by atoms with Gasteiger partial charge in [-0.05, 0) is 18.5 Å². The third-order valence-corrected chi connectivity index (χ3v) is 1.84. The number of nitrogens with one attached hydrogen (secondary N) is 2. The van der Waals surface area contributed by atoms with Gasteiger partial charge >= 0.3 is 0 Å². The molecule has 0 radical (unpaired) electrons. The number of H-pyrrole nitrogens is 1. The maximum atomic E-state index is 10.8. The number of nitrogens with zero attached hydrogens (tertiary/aromatic N) is 1. The minimum atomic E-state index is -0.106. The highest BCUT2D eigenvalue weighted by molar-refractivity contribution is 5.19. The second-order valence-corrected chi connectivity index (χ2v) is 2.63. The van der Waals surface area contributed by atoms with Crippen molar-refractivity contribution in [1.82, 2.24) is 15.5 Å². The van der Waals surface area contributed by atoms with Gasteiger partial charge in [-0.15, -0.1) is 0 Å². The van der Waals surface area contributed by atoms with Crippen molar-refractivity contribution in [3.8, 4) is 0 Å². The van der Waals surface area contributed by atoms with Crippen LogP contribution < -0.4 is 10.9 Å². The van der Waals surface area contributed by atoms with Crippen molar-refractivity contribution >= 4 is 0 Å². The van der Waals surface area contributed by atoms with E-state index in [1.165, 1.54) is 0 Å². The molecule has 0 spiro atoms. The summed E-state index contributed by atoms with van der Waals surface area (Å²) < 4.78 is 0. The lowest BCUT2D eigenvalue weighted by atomic mass is 10.1. The minimum absolute atomic E-state index is 0.106. The average molecular weight is 151 g/mol. The van der Waals surface area contributed by atoms with Gasteiger partial charge in [0.25, 0.3) is 5.56 Å².